The number of benzene rings is 1. The van der Waals surface area contributed by atoms with E-state index in [1.54, 1.807) is 0 Å². The van der Waals surface area contributed by atoms with Crippen LogP contribution in [-0.2, 0) is 4.74 Å². The summed E-state index contributed by atoms with van der Waals surface area (Å²) in [5, 5.41) is 19.7. The molecule has 0 saturated carbocycles. The lowest BCUT2D eigenvalue weighted by atomic mass is 10.0. The van der Waals surface area contributed by atoms with Gasteiger partial charge >= 0.3 is 0 Å². The molecule has 0 spiro atoms. The van der Waals surface area contributed by atoms with Crippen molar-refractivity contribution in [2.75, 3.05) is 7.11 Å². The highest BCUT2D eigenvalue weighted by Crippen LogP contribution is 2.17. The smallest absolute Gasteiger partial charge is 0.123 e. The van der Waals surface area contributed by atoms with Gasteiger partial charge in [-0.1, -0.05) is 12.1 Å². The molecule has 1 atom stereocenters. The highest BCUT2D eigenvalue weighted by molar-refractivity contribution is 5.30. The van der Waals surface area contributed by atoms with Gasteiger partial charge in [0.1, 0.15) is 5.82 Å². The maximum absolute atomic E-state index is 12.6. The predicted molar refractivity (Wildman–Crippen MR) is 49.8 cm³/mol. The second-order valence-electron chi connectivity index (χ2n) is 2.85. The zero-order valence-corrected chi connectivity index (χ0v) is 8.11. The first-order chi connectivity index (χ1) is 7.17. The minimum atomic E-state index is -0.710. The van der Waals surface area contributed by atoms with Crippen LogP contribution in [0.25, 0.3) is 0 Å². The Labute approximate surface area is 87.0 Å². The Morgan fingerprint density at radius 2 is 2.13 bits per heavy atom. The summed E-state index contributed by atoms with van der Waals surface area (Å²) in [7, 11) is 1.23. The first-order valence-electron chi connectivity index (χ1n) is 4.25. The van der Waals surface area contributed by atoms with Crippen molar-refractivity contribution in [2.45, 2.75) is 5.92 Å². The van der Waals surface area contributed by atoms with Crippen LogP contribution in [0, 0.1) is 17.1 Å². The second-order valence-corrected chi connectivity index (χ2v) is 2.85. The van der Waals surface area contributed by atoms with Crippen molar-refractivity contribution in [3.63, 3.8) is 0 Å². The van der Waals surface area contributed by atoms with Crippen molar-refractivity contribution in [1.29, 1.82) is 5.26 Å². The third-order valence-electron chi connectivity index (χ3n) is 1.87. The lowest BCUT2D eigenvalue weighted by molar-refractivity contribution is -0.353. The molecule has 0 heterocycles. The van der Waals surface area contributed by atoms with Crippen LogP contribution in [0.15, 0.2) is 36.3 Å². The zero-order valence-electron chi connectivity index (χ0n) is 8.11. The molecule has 0 N–H and O–H groups in total. The minimum Gasteiger partial charge on any atom is -0.617 e. The first kappa shape index (κ1) is 11.1. The van der Waals surface area contributed by atoms with E-state index in [1.807, 2.05) is 6.07 Å². The summed E-state index contributed by atoms with van der Waals surface area (Å²) < 4.78 is 17.0. The zero-order chi connectivity index (χ0) is 11.3. The van der Waals surface area contributed by atoms with Gasteiger partial charge in [0, 0.05) is 5.95 Å². The second kappa shape index (κ2) is 5.01. The maximum atomic E-state index is 12.6. The fourth-order valence-electron chi connectivity index (χ4n) is 1.08. The van der Waals surface area contributed by atoms with Gasteiger partial charge in [-0.2, -0.15) is 5.26 Å². The van der Waals surface area contributed by atoms with Crippen LogP contribution in [0.3, 0.4) is 0 Å². The minimum absolute atomic E-state index is 0.381. The molecule has 78 valence electrons. The highest BCUT2D eigenvalue weighted by Gasteiger charge is 2.06. The van der Waals surface area contributed by atoms with Crippen molar-refractivity contribution >= 4 is 0 Å². The molecule has 1 unspecified atom stereocenters. The number of hydrogen-bond donors (Lipinski definition) is 0. The molecule has 0 aliphatic carbocycles. The fraction of sp³-hybridized carbons (Fsp3) is 0.182. The fourth-order valence-corrected chi connectivity index (χ4v) is 1.08. The van der Waals surface area contributed by atoms with E-state index in [0.717, 1.165) is 6.08 Å². The van der Waals surface area contributed by atoms with Gasteiger partial charge in [0.2, 0.25) is 0 Å². The molecular weight excluding hydrogens is 197 g/mol. The topological polar surface area (TPSA) is 56.1 Å². The number of allylic oxidation sites excluding steroid dienone is 1. The van der Waals surface area contributed by atoms with E-state index < -0.39 is 11.9 Å². The standard InChI is InChI=1S/C11H10FNO2/c1-15-11(14)6-9(7-13)8-2-4-10(12)5-3-8/h2-6,9,14H,1H3/p-1/b11-6+. The summed E-state index contributed by atoms with van der Waals surface area (Å²) in [5.74, 6) is -1.67. The van der Waals surface area contributed by atoms with Gasteiger partial charge in [0.05, 0.1) is 12.0 Å². The normalized spacial score (nSPS) is 13.0. The molecular formula is C11H9FNO2-. The van der Waals surface area contributed by atoms with Crippen LogP contribution in [-0.4, -0.2) is 7.11 Å². The first-order valence-corrected chi connectivity index (χ1v) is 4.25. The van der Waals surface area contributed by atoms with Crippen LogP contribution >= 0.6 is 0 Å². The lowest BCUT2D eigenvalue weighted by Gasteiger charge is -2.11. The molecule has 15 heavy (non-hydrogen) atoms. The Morgan fingerprint density at radius 3 is 2.60 bits per heavy atom. The van der Waals surface area contributed by atoms with Gasteiger partial charge in [-0.25, -0.2) is 4.39 Å². The summed E-state index contributed by atoms with van der Waals surface area (Å²) >= 11 is 0. The summed E-state index contributed by atoms with van der Waals surface area (Å²) in [6, 6.07) is 7.33. The Kier molecular flexibility index (Phi) is 3.69. The summed E-state index contributed by atoms with van der Waals surface area (Å²) in [6.45, 7) is 0. The van der Waals surface area contributed by atoms with Crippen LogP contribution in [0.2, 0.25) is 0 Å². The largest absolute Gasteiger partial charge is 0.617 e. The van der Waals surface area contributed by atoms with E-state index in [-0.39, 0.29) is 5.82 Å². The Morgan fingerprint density at radius 1 is 1.53 bits per heavy atom. The number of ether oxygens (including phenoxy) is 1. The van der Waals surface area contributed by atoms with Gasteiger partial charge in [-0.15, -0.1) is 0 Å². The molecule has 1 aromatic rings. The molecule has 0 aliphatic heterocycles. The van der Waals surface area contributed by atoms with Crippen molar-refractivity contribution in [1.82, 2.24) is 0 Å². The molecule has 0 bridgehead atoms. The van der Waals surface area contributed by atoms with Crippen LogP contribution in [0.4, 0.5) is 4.39 Å². The van der Waals surface area contributed by atoms with Gasteiger partial charge < -0.3 is 9.84 Å². The monoisotopic (exact) mass is 206 g/mol. The van der Waals surface area contributed by atoms with Crippen molar-refractivity contribution in [3.8, 4) is 6.07 Å². The van der Waals surface area contributed by atoms with Gasteiger partial charge in [-0.05, 0) is 30.9 Å². The van der Waals surface area contributed by atoms with Crippen molar-refractivity contribution in [3.05, 3.63) is 47.7 Å². The van der Waals surface area contributed by atoms with Gasteiger partial charge in [0.15, 0.2) is 0 Å². The van der Waals surface area contributed by atoms with E-state index >= 15 is 0 Å². The molecule has 4 heteroatoms. The molecule has 3 nitrogen and oxygen atoms in total. The predicted octanol–water partition coefficient (Wildman–Crippen LogP) is 1.28. The van der Waals surface area contributed by atoms with E-state index in [9.17, 15) is 9.50 Å². The van der Waals surface area contributed by atoms with E-state index in [2.05, 4.69) is 4.74 Å². The summed E-state index contributed by atoms with van der Waals surface area (Å²) in [6.07, 6.45) is 1.15. The molecule has 0 aliphatic rings. The Hall–Kier alpha value is -2.02. The molecule has 0 saturated heterocycles. The summed E-state index contributed by atoms with van der Waals surface area (Å²) in [5.41, 5.74) is 0.560. The van der Waals surface area contributed by atoms with Crippen molar-refractivity contribution in [2.24, 2.45) is 0 Å². The molecule has 1 rings (SSSR count). The van der Waals surface area contributed by atoms with Crippen LogP contribution < -0.4 is 5.11 Å². The van der Waals surface area contributed by atoms with Crippen molar-refractivity contribution < 1.29 is 14.2 Å². The maximum Gasteiger partial charge on any atom is 0.123 e. The van der Waals surface area contributed by atoms with E-state index in [1.165, 1.54) is 31.4 Å². The quantitative estimate of drug-likeness (QED) is 0.700. The molecule has 0 radical (unpaired) electrons. The molecule has 0 aromatic heterocycles. The number of rotatable bonds is 3. The SMILES string of the molecule is CO/C([O-])=C/C(C#N)c1ccc(F)cc1. The third kappa shape index (κ3) is 2.99. The van der Waals surface area contributed by atoms with Gasteiger partial charge in [0.25, 0.3) is 0 Å². The number of methoxy groups -OCH3 is 1. The number of hydrogen-bond acceptors (Lipinski definition) is 3. The number of halogens is 1. The average molecular weight is 206 g/mol. The van der Waals surface area contributed by atoms with Crippen LogP contribution in [0.1, 0.15) is 11.5 Å². The van der Waals surface area contributed by atoms with Crippen LogP contribution in [0.5, 0.6) is 0 Å². The Bertz CT molecular complexity index is 392. The van der Waals surface area contributed by atoms with E-state index in [4.69, 9.17) is 5.26 Å². The lowest BCUT2D eigenvalue weighted by Crippen LogP contribution is -2.07. The van der Waals surface area contributed by atoms with Gasteiger partial charge in [-0.3, -0.25) is 0 Å². The molecule has 0 amide bonds. The summed E-state index contributed by atoms with van der Waals surface area (Å²) in [4.78, 5) is 0. The number of nitriles is 1. The highest BCUT2D eigenvalue weighted by atomic mass is 19.1. The Balaban J connectivity index is 2.94. The molecule has 1 aromatic carbocycles. The van der Waals surface area contributed by atoms with E-state index in [0.29, 0.717) is 5.56 Å². The molecule has 0 fully saturated rings. The third-order valence-corrected chi connectivity index (χ3v) is 1.87. The average Bonchev–Trinajstić information content (AvgIpc) is 2.27. The number of nitrogens with zero attached hydrogens (tertiary/aromatic N) is 1.